The molecule has 0 radical (unpaired) electrons. The Morgan fingerprint density at radius 2 is 2.31 bits per heavy atom. The summed E-state index contributed by atoms with van der Waals surface area (Å²) in [7, 11) is 0. The predicted molar refractivity (Wildman–Crippen MR) is 67.1 cm³/mol. The Balaban J connectivity index is 2.09. The molecule has 0 unspecified atom stereocenters. The van der Waals surface area contributed by atoms with Crippen molar-refractivity contribution in [2.75, 3.05) is 6.54 Å². The van der Waals surface area contributed by atoms with Gasteiger partial charge in [-0.25, -0.2) is 4.98 Å². The number of halogens is 1. The second kappa shape index (κ2) is 4.03. The third-order valence-electron chi connectivity index (χ3n) is 2.85. The monoisotopic (exact) mass is 277 g/mol. The molecule has 1 aliphatic rings. The minimum atomic E-state index is 0.869. The molecule has 2 aromatic rings. The zero-order chi connectivity index (χ0) is 11.0. The summed E-state index contributed by atoms with van der Waals surface area (Å²) in [5.41, 5.74) is 2.42. The highest BCUT2D eigenvalue weighted by atomic mass is 79.9. The van der Waals surface area contributed by atoms with E-state index in [0.29, 0.717) is 0 Å². The van der Waals surface area contributed by atoms with Gasteiger partial charge in [0.15, 0.2) is 0 Å². The molecule has 0 fully saturated rings. The maximum atomic E-state index is 4.45. The molecular formula is C12H12BrN3. The van der Waals surface area contributed by atoms with Crippen LogP contribution in [0.5, 0.6) is 0 Å². The van der Waals surface area contributed by atoms with Crippen molar-refractivity contribution in [2.24, 2.45) is 0 Å². The fourth-order valence-electron chi connectivity index (χ4n) is 2.07. The van der Waals surface area contributed by atoms with Crippen molar-refractivity contribution in [3.8, 4) is 11.3 Å². The SMILES string of the molecule is Brc1cccc(-c2cnc3n2CCNC3)c1. The van der Waals surface area contributed by atoms with Crippen molar-refractivity contribution in [1.82, 2.24) is 14.9 Å². The molecule has 0 atom stereocenters. The third-order valence-corrected chi connectivity index (χ3v) is 3.35. The average molecular weight is 278 g/mol. The van der Waals surface area contributed by atoms with E-state index in [2.05, 4.69) is 49.0 Å². The fraction of sp³-hybridized carbons (Fsp3) is 0.250. The molecule has 3 nitrogen and oxygen atoms in total. The second-order valence-electron chi connectivity index (χ2n) is 3.90. The summed E-state index contributed by atoms with van der Waals surface area (Å²) in [4.78, 5) is 4.45. The fourth-order valence-corrected chi connectivity index (χ4v) is 2.47. The lowest BCUT2D eigenvalue weighted by Gasteiger charge is -2.17. The standard InChI is InChI=1S/C12H12BrN3/c13-10-3-1-2-9(6-10)11-7-15-12-8-14-4-5-16(11)12/h1-3,6-7,14H,4-5,8H2. The minimum absolute atomic E-state index is 0.869. The predicted octanol–water partition coefficient (Wildman–Crippen LogP) is 2.42. The molecule has 1 aromatic heterocycles. The van der Waals surface area contributed by atoms with E-state index in [4.69, 9.17) is 0 Å². The van der Waals surface area contributed by atoms with Crippen molar-refractivity contribution >= 4 is 15.9 Å². The molecule has 0 spiro atoms. The van der Waals surface area contributed by atoms with Gasteiger partial charge >= 0.3 is 0 Å². The maximum Gasteiger partial charge on any atom is 0.123 e. The molecular weight excluding hydrogens is 266 g/mol. The summed E-state index contributed by atoms with van der Waals surface area (Å²) in [6.45, 7) is 2.88. The van der Waals surface area contributed by atoms with E-state index < -0.39 is 0 Å². The van der Waals surface area contributed by atoms with E-state index >= 15 is 0 Å². The molecule has 1 aromatic carbocycles. The molecule has 0 saturated heterocycles. The molecule has 3 rings (SSSR count). The number of hydrogen-bond donors (Lipinski definition) is 1. The third kappa shape index (κ3) is 1.68. The Hall–Kier alpha value is -1.13. The van der Waals surface area contributed by atoms with Crippen LogP contribution >= 0.6 is 15.9 Å². The van der Waals surface area contributed by atoms with E-state index in [1.807, 2.05) is 12.3 Å². The van der Waals surface area contributed by atoms with Gasteiger partial charge in [-0.1, -0.05) is 28.1 Å². The largest absolute Gasteiger partial charge is 0.326 e. The highest BCUT2D eigenvalue weighted by Crippen LogP contribution is 2.24. The van der Waals surface area contributed by atoms with Crippen LogP contribution in [0.4, 0.5) is 0 Å². The second-order valence-corrected chi connectivity index (χ2v) is 4.81. The Labute approximate surface area is 103 Å². The highest BCUT2D eigenvalue weighted by Gasteiger charge is 2.14. The first-order chi connectivity index (χ1) is 7.84. The summed E-state index contributed by atoms with van der Waals surface area (Å²) in [6.07, 6.45) is 1.96. The van der Waals surface area contributed by atoms with Gasteiger partial charge in [0.05, 0.1) is 18.4 Å². The number of nitrogens with zero attached hydrogens (tertiary/aromatic N) is 2. The van der Waals surface area contributed by atoms with Crippen molar-refractivity contribution in [3.05, 3.63) is 40.8 Å². The Morgan fingerprint density at radius 1 is 1.38 bits per heavy atom. The lowest BCUT2D eigenvalue weighted by molar-refractivity contribution is 0.508. The van der Waals surface area contributed by atoms with Gasteiger partial charge in [-0.3, -0.25) is 0 Å². The normalized spacial score (nSPS) is 14.8. The van der Waals surface area contributed by atoms with Crippen LogP contribution in [0.15, 0.2) is 34.9 Å². The minimum Gasteiger partial charge on any atom is -0.326 e. The summed E-state index contributed by atoms with van der Waals surface area (Å²) < 4.78 is 3.40. The van der Waals surface area contributed by atoms with Crippen molar-refractivity contribution in [1.29, 1.82) is 0 Å². The van der Waals surface area contributed by atoms with Crippen molar-refractivity contribution < 1.29 is 0 Å². The zero-order valence-corrected chi connectivity index (χ0v) is 10.4. The number of nitrogens with one attached hydrogen (secondary N) is 1. The summed E-state index contributed by atoms with van der Waals surface area (Å²) in [5.74, 6) is 1.13. The van der Waals surface area contributed by atoms with Gasteiger partial charge in [-0.15, -0.1) is 0 Å². The lowest BCUT2D eigenvalue weighted by atomic mass is 10.1. The average Bonchev–Trinajstić information content (AvgIpc) is 2.72. The van der Waals surface area contributed by atoms with Crippen LogP contribution in [0.1, 0.15) is 5.82 Å². The zero-order valence-electron chi connectivity index (χ0n) is 8.78. The van der Waals surface area contributed by atoms with E-state index in [1.165, 1.54) is 11.3 Å². The lowest BCUT2D eigenvalue weighted by Crippen LogP contribution is -2.28. The number of aromatic nitrogens is 2. The van der Waals surface area contributed by atoms with E-state index in [1.54, 1.807) is 0 Å². The number of fused-ring (bicyclic) bond motifs is 1. The number of benzene rings is 1. The number of rotatable bonds is 1. The molecule has 4 heteroatoms. The molecule has 0 saturated carbocycles. The van der Waals surface area contributed by atoms with Crippen LogP contribution < -0.4 is 5.32 Å². The molecule has 82 valence electrons. The van der Waals surface area contributed by atoms with Crippen LogP contribution in [-0.2, 0) is 13.1 Å². The number of hydrogen-bond acceptors (Lipinski definition) is 2. The van der Waals surface area contributed by atoms with Gasteiger partial charge in [0, 0.05) is 23.1 Å². The van der Waals surface area contributed by atoms with Crippen LogP contribution in [0.2, 0.25) is 0 Å². The van der Waals surface area contributed by atoms with Crippen molar-refractivity contribution in [3.63, 3.8) is 0 Å². The van der Waals surface area contributed by atoms with Crippen LogP contribution in [0, 0.1) is 0 Å². The van der Waals surface area contributed by atoms with Crippen molar-refractivity contribution in [2.45, 2.75) is 13.1 Å². The summed E-state index contributed by atoms with van der Waals surface area (Å²) >= 11 is 3.50. The molecule has 0 aliphatic carbocycles. The molecule has 2 heterocycles. The first kappa shape index (κ1) is 10.1. The maximum absolute atomic E-state index is 4.45. The first-order valence-corrected chi connectivity index (χ1v) is 6.15. The van der Waals surface area contributed by atoms with Crippen LogP contribution in [-0.4, -0.2) is 16.1 Å². The van der Waals surface area contributed by atoms with E-state index in [-0.39, 0.29) is 0 Å². The number of imidazole rings is 1. The Bertz CT molecular complexity index is 519. The molecule has 0 bridgehead atoms. The molecule has 1 N–H and O–H groups in total. The smallest absolute Gasteiger partial charge is 0.123 e. The first-order valence-electron chi connectivity index (χ1n) is 5.35. The highest BCUT2D eigenvalue weighted by molar-refractivity contribution is 9.10. The Morgan fingerprint density at radius 3 is 3.19 bits per heavy atom. The van der Waals surface area contributed by atoms with E-state index in [0.717, 1.165) is 29.9 Å². The van der Waals surface area contributed by atoms with Gasteiger partial charge in [0.2, 0.25) is 0 Å². The Kier molecular flexibility index (Phi) is 2.53. The van der Waals surface area contributed by atoms with Gasteiger partial charge < -0.3 is 9.88 Å². The van der Waals surface area contributed by atoms with Gasteiger partial charge in [0.25, 0.3) is 0 Å². The van der Waals surface area contributed by atoms with Crippen LogP contribution in [0.3, 0.4) is 0 Å². The van der Waals surface area contributed by atoms with Gasteiger partial charge in [0.1, 0.15) is 5.82 Å². The quantitative estimate of drug-likeness (QED) is 0.868. The molecule has 0 amide bonds. The van der Waals surface area contributed by atoms with Gasteiger partial charge in [-0.2, -0.15) is 0 Å². The van der Waals surface area contributed by atoms with E-state index in [9.17, 15) is 0 Å². The summed E-state index contributed by atoms with van der Waals surface area (Å²) in [6, 6.07) is 8.35. The molecule has 1 aliphatic heterocycles. The topological polar surface area (TPSA) is 29.9 Å². The van der Waals surface area contributed by atoms with Crippen LogP contribution in [0.25, 0.3) is 11.3 Å². The van der Waals surface area contributed by atoms with Gasteiger partial charge in [-0.05, 0) is 12.1 Å². The summed E-state index contributed by atoms with van der Waals surface area (Å²) in [5, 5.41) is 3.32. The molecule has 16 heavy (non-hydrogen) atoms.